The van der Waals surface area contributed by atoms with E-state index in [0.29, 0.717) is 6.54 Å². The number of nitrogens with zero attached hydrogens (tertiary/aromatic N) is 1. The minimum absolute atomic E-state index is 0.481. The van der Waals surface area contributed by atoms with Crippen molar-refractivity contribution in [3.63, 3.8) is 0 Å². The lowest BCUT2D eigenvalue weighted by Gasteiger charge is -1.99. The van der Waals surface area contributed by atoms with Gasteiger partial charge in [0.05, 0.1) is 15.6 Å². The van der Waals surface area contributed by atoms with Crippen molar-refractivity contribution in [2.24, 2.45) is 5.73 Å². The third kappa shape index (κ3) is 3.20. The molecule has 3 rings (SSSR count). The molecule has 3 aromatic rings. The fourth-order valence-electron chi connectivity index (χ4n) is 2.43. The summed E-state index contributed by atoms with van der Waals surface area (Å²) in [4.78, 5) is 5.92. The topological polar surface area (TPSA) is 38.9 Å². The van der Waals surface area contributed by atoms with Crippen molar-refractivity contribution in [3.05, 3.63) is 76.4 Å². The van der Waals surface area contributed by atoms with Crippen molar-refractivity contribution in [2.45, 2.75) is 19.9 Å². The summed E-state index contributed by atoms with van der Waals surface area (Å²) in [7, 11) is 0. The number of aromatic nitrogens is 1. The molecule has 0 saturated heterocycles. The van der Waals surface area contributed by atoms with Crippen LogP contribution in [0.15, 0.2) is 54.6 Å². The van der Waals surface area contributed by atoms with Crippen molar-refractivity contribution in [1.29, 1.82) is 0 Å². The highest BCUT2D eigenvalue weighted by Crippen LogP contribution is 2.31. The van der Waals surface area contributed by atoms with Crippen LogP contribution >= 0.6 is 11.3 Å². The van der Waals surface area contributed by atoms with Crippen LogP contribution in [0, 0.1) is 6.92 Å². The van der Waals surface area contributed by atoms with Crippen LogP contribution in [0.4, 0.5) is 0 Å². The van der Waals surface area contributed by atoms with Crippen LogP contribution in [0.2, 0.25) is 0 Å². The Balaban J connectivity index is 1.93. The number of thiazole rings is 1. The Hall–Kier alpha value is -1.97. The lowest BCUT2D eigenvalue weighted by atomic mass is 10.1. The molecule has 21 heavy (non-hydrogen) atoms. The maximum Gasteiger partial charge on any atom is 0.0979 e. The third-order valence-electron chi connectivity index (χ3n) is 3.41. The quantitative estimate of drug-likeness (QED) is 0.784. The number of hydrogen-bond donors (Lipinski definition) is 1. The van der Waals surface area contributed by atoms with Gasteiger partial charge in [-0.25, -0.2) is 4.98 Å². The van der Waals surface area contributed by atoms with Crippen LogP contribution < -0.4 is 5.73 Å². The Labute approximate surface area is 129 Å². The summed E-state index contributed by atoms with van der Waals surface area (Å²) < 4.78 is 0. The minimum Gasteiger partial charge on any atom is -0.325 e. The van der Waals surface area contributed by atoms with E-state index in [2.05, 4.69) is 55.5 Å². The normalized spacial score (nSPS) is 10.8. The molecular formula is C18H18N2S. The molecule has 106 valence electrons. The summed E-state index contributed by atoms with van der Waals surface area (Å²) in [6.45, 7) is 2.60. The number of nitrogens with two attached hydrogens (primary N) is 1. The fourth-order valence-corrected chi connectivity index (χ4v) is 3.56. The maximum atomic E-state index is 5.86. The van der Waals surface area contributed by atoms with Gasteiger partial charge in [0.2, 0.25) is 0 Å². The van der Waals surface area contributed by atoms with Gasteiger partial charge in [-0.3, -0.25) is 0 Å². The molecule has 1 heterocycles. The number of rotatable bonds is 4. The zero-order valence-electron chi connectivity index (χ0n) is 12.0. The van der Waals surface area contributed by atoms with Crippen LogP contribution in [0.1, 0.15) is 21.8 Å². The second-order valence-corrected chi connectivity index (χ2v) is 6.20. The molecule has 0 spiro atoms. The van der Waals surface area contributed by atoms with Crippen molar-refractivity contribution in [2.75, 3.05) is 0 Å². The SMILES string of the molecule is Cc1cccc(Cc2nc(CN)c(-c3ccccc3)s2)c1. The molecule has 0 aliphatic rings. The first-order valence-corrected chi connectivity index (χ1v) is 7.87. The van der Waals surface area contributed by atoms with Crippen LogP contribution in [-0.2, 0) is 13.0 Å². The van der Waals surface area contributed by atoms with E-state index in [1.165, 1.54) is 21.6 Å². The van der Waals surface area contributed by atoms with Crippen molar-refractivity contribution >= 4 is 11.3 Å². The van der Waals surface area contributed by atoms with Crippen LogP contribution in [0.3, 0.4) is 0 Å². The second-order valence-electron chi connectivity index (χ2n) is 5.12. The Bertz CT molecular complexity index is 732. The van der Waals surface area contributed by atoms with Gasteiger partial charge < -0.3 is 5.73 Å². The highest BCUT2D eigenvalue weighted by Gasteiger charge is 2.12. The van der Waals surface area contributed by atoms with Gasteiger partial charge >= 0.3 is 0 Å². The molecular weight excluding hydrogens is 276 g/mol. The molecule has 0 amide bonds. The number of benzene rings is 2. The summed E-state index contributed by atoms with van der Waals surface area (Å²) >= 11 is 1.75. The maximum absolute atomic E-state index is 5.86. The molecule has 2 N–H and O–H groups in total. The number of hydrogen-bond acceptors (Lipinski definition) is 3. The summed E-state index contributed by atoms with van der Waals surface area (Å²) in [5.41, 5.74) is 10.6. The fraction of sp³-hybridized carbons (Fsp3) is 0.167. The zero-order valence-corrected chi connectivity index (χ0v) is 12.9. The Morgan fingerprint density at radius 1 is 1.05 bits per heavy atom. The van der Waals surface area contributed by atoms with Crippen molar-refractivity contribution in [1.82, 2.24) is 4.98 Å². The molecule has 2 nitrogen and oxygen atoms in total. The highest BCUT2D eigenvalue weighted by atomic mass is 32.1. The van der Waals surface area contributed by atoms with Gasteiger partial charge in [-0.2, -0.15) is 0 Å². The largest absolute Gasteiger partial charge is 0.325 e. The van der Waals surface area contributed by atoms with E-state index in [1.807, 2.05) is 6.07 Å². The van der Waals surface area contributed by atoms with E-state index in [-0.39, 0.29) is 0 Å². The zero-order chi connectivity index (χ0) is 14.7. The third-order valence-corrected chi connectivity index (χ3v) is 4.56. The van der Waals surface area contributed by atoms with E-state index >= 15 is 0 Å². The first-order chi connectivity index (χ1) is 10.3. The summed E-state index contributed by atoms with van der Waals surface area (Å²) in [5, 5.41) is 1.12. The van der Waals surface area contributed by atoms with Gasteiger partial charge in [-0.1, -0.05) is 60.2 Å². The van der Waals surface area contributed by atoms with Crippen molar-refractivity contribution in [3.8, 4) is 10.4 Å². The van der Waals surface area contributed by atoms with E-state index in [1.54, 1.807) is 11.3 Å². The van der Waals surface area contributed by atoms with E-state index < -0.39 is 0 Å². The monoisotopic (exact) mass is 294 g/mol. The van der Waals surface area contributed by atoms with Crippen LogP contribution in [0.25, 0.3) is 10.4 Å². The molecule has 0 saturated carbocycles. The van der Waals surface area contributed by atoms with Crippen LogP contribution in [0.5, 0.6) is 0 Å². The molecule has 0 fully saturated rings. The van der Waals surface area contributed by atoms with Gasteiger partial charge in [0.25, 0.3) is 0 Å². The lowest BCUT2D eigenvalue weighted by molar-refractivity contribution is 0.984. The molecule has 0 aliphatic heterocycles. The number of aryl methyl sites for hydroxylation is 1. The molecule has 0 unspecified atom stereocenters. The summed E-state index contributed by atoms with van der Waals surface area (Å²) in [6.07, 6.45) is 0.867. The minimum atomic E-state index is 0.481. The van der Waals surface area contributed by atoms with E-state index in [0.717, 1.165) is 17.1 Å². The van der Waals surface area contributed by atoms with Gasteiger partial charge in [0.1, 0.15) is 0 Å². The average Bonchev–Trinajstić information content (AvgIpc) is 2.91. The molecule has 3 heteroatoms. The van der Waals surface area contributed by atoms with E-state index in [9.17, 15) is 0 Å². The molecule has 0 atom stereocenters. The van der Waals surface area contributed by atoms with Crippen molar-refractivity contribution < 1.29 is 0 Å². The standard InChI is InChI=1S/C18H18N2S/c1-13-6-5-7-14(10-13)11-17-20-16(12-19)18(21-17)15-8-3-2-4-9-15/h2-10H,11-12,19H2,1H3. The van der Waals surface area contributed by atoms with Gasteiger partial charge in [0, 0.05) is 13.0 Å². The predicted octanol–water partition coefficient (Wildman–Crippen LogP) is 4.17. The Kier molecular flexibility index (Phi) is 4.13. The molecule has 0 bridgehead atoms. The smallest absolute Gasteiger partial charge is 0.0979 e. The molecule has 0 aliphatic carbocycles. The Morgan fingerprint density at radius 3 is 2.57 bits per heavy atom. The first-order valence-electron chi connectivity index (χ1n) is 7.06. The van der Waals surface area contributed by atoms with E-state index in [4.69, 9.17) is 10.7 Å². The predicted molar refractivity (Wildman–Crippen MR) is 89.4 cm³/mol. The molecule has 0 radical (unpaired) electrons. The molecule has 1 aromatic heterocycles. The first kappa shape index (κ1) is 14.0. The Morgan fingerprint density at radius 2 is 1.86 bits per heavy atom. The lowest BCUT2D eigenvalue weighted by Crippen LogP contribution is -1.99. The van der Waals surface area contributed by atoms with Gasteiger partial charge in [0.15, 0.2) is 0 Å². The summed E-state index contributed by atoms with van der Waals surface area (Å²) in [6, 6.07) is 18.9. The van der Waals surface area contributed by atoms with Gasteiger partial charge in [-0.05, 0) is 18.1 Å². The van der Waals surface area contributed by atoms with Gasteiger partial charge in [-0.15, -0.1) is 11.3 Å². The average molecular weight is 294 g/mol. The summed E-state index contributed by atoms with van der Waals surface area (Å²) in [5.74, 6) is 0. The second kappa shape index (κ2) is 6.20. The van der Waals surface area contributed by atoms with Crippen LogP contribution in [-0.4, -0.2) is 4.98 Å². The highest BCUT2D eigenvalue weighted by molar-refractivity contribution is 7.15. The molecule has 2 aromatic carbocycles.